The summed E-state index contributed by atoms with van der Waals surface area (Å²) in [6, 6.07) is 0. The fourth-order valence-corrected chi connectivity index (χ4v) is 2.38. The number of rotatable bonds is 7. The summed E-state index contributed by atoms with van der Waals surface area (Å²) in [4.78, 5) is 29.3. The maximum atomic E-state index is 12.2. The summed E-state index contributed by atoms with van der Waals surface area (Å²) >= 11 is 0. The molecule has 0 bridgehead atoms. The molecule has 2 N–H and O–H groups in total. The van der Waals surface area contributed by atoms with Crippen molar-refractivity contribution >= 4 is 13.8 Å². The fourth-order valence-electron chi connectivity index (χ4n) is 2.07. The number of esters is 1. The van der Waals surface area contributed by atoms with Gasteiger partial charge in [-0.3, -0.25) is 9.32 Å². The van der Waals surface area contributed by atoms with E-state index in [1.54, 1.807) is 0 Å². The predicted octanol–water partition coefficient (Wildman–Crippen LogP) is 2.74. The Morgan fingerprint density at radius 2 is 1.65 bits per heavy atom. The van der Waals surface area contributed by atoms with E-state index in [1.807, 2.05) is 20.8 Å². The highest BCUT2D eigenvalue weighted by atomic mass is 31.2. The molecule has 0 saturated carbocycles. The van der Waals surface area contributed by atoms with Crippen molar-refractivity contribution in [3.8, 4) is 0 Å². The molecule has 0 rings (SSSR count). The molecule has 6 nitrogen and oxygen atoms in total. The Hall–Kier alpha value is -0.420. The van der Waals surface area contributed by atoms with Crippen LogP contribution in [0.2, 0.25) is 0 Å². The standard InChI is InChI=1S/C13H27O6P/c1-10(2)13(6,9-12(3,4)5)11(14)18-7-8-19-20(15,16)17/h10H,7-9H2,1-6H3,(H2,15,16,17). The van der Waals surface area contributed by atoms with E-state index in [0.717, 1.165) is 0 Å². The van der Waals surface area contributed by atoms with E-state index < -0.39 is 13.2 Å². The number of phosphoric acid groups is 1. The van der Waals surface area contributed by atoms with E-state index in [1.165, 1.54) is 0 Å². The van der Waals surface area contributed by atoms with Gasteiger partial charge in [-0.1, -0.05) is 34.6 Å². The van der Waals surface area contributed by atoms with Crippen molar-refractivity contribution in [2.45, 2.75) is 48.0 Å². The molecule has 1 unspecified atom stereocenters. The molecule has 0 aliphatic heterocycles. The van der Waals surface area contributed by atoms with Gasteiger partial charge in [-0.05, 0) is 24.7 Å². The predicted molar refractivity (Wildman–Crippen MR) is 76.0 cm³/mol. The van der Waals surface area contributed by atoms with E-state index in [2.05, 4.69) is 25.3 Å². The SMILES string of the molecule is CC(C)C(C)(CC(C)(C)C)C(=O)OCCOP(=O)(O)O. The van der Waals surface area contributed by atoms with E-state index >= 15 is 0 Å². The number of hydrogen-bond acceptors (Lipinski definition) is 4. The molecule has 0 spiro atoms. The Balaban J connectivity index is 4.56. The zero-order chi connectivity index (χ0) is 16.2. The lowest BCUT2D eigenvalue weighted by molar-refractivity contribution is -0.161. The van der Waals surface area contributed by atoms with Crippen LogP contribution in [0.15, 0.2) is 0 Å². The fraction of sp³-hybridized carbons (Fsp3) is 0.923. The monoisotopic (exact) mass is 310 g/mol. The molecule has 7 heteroatoms. The van der Waals surface area contributed by atoms with Crippen molar-refractivity contribution in [3.05, 3.63) is 0 Å². The highest BCUT2D eigenvalue weighted by molar-refractivity contribution is 7.46. The molecular weight excluding hydrogens is 283 g/mol. The average Bonchev–Trinajstić information content (AvgIpc) is 2.19. The summed E-state index contributed by atoms with van der Waals surface area (Å²) in [7, 11) is -4.51. The first-order valence-corrected chi connectivity index (χ1v) is 8.18. The van der Waals surface area contributed by atoms with Crippen molar-refractivity contribution in [1.29, 1.82) is 0 Å². The van der Waals surface area contributed by atoms with Gasteiger partial charge in [0.25, 0.3) is 0 Å². The number of carbonyl (C=O) groups is 1. The Morgan fingerprint density at radius 3 is 2.00 bits per heavy atom. The van der Waals surface area contributed by atoms with Crippen LogP contribution in [0.1, 0.15) is 48.0 Å². The maximum absolute atomic E-state index is 12.2. The molecule has 0 aliphatic rings. The average molecular weight is 310 g/mol. The summed E-state index contributed by atoms with van der Waals surface area (Å²) in [5, 5.41) is 0. The van der Waals surface area contributed by atoms with Crippen LogP contribution in [-0.4, -0.2) is 29.0 Å². The second kappa shape index (κ2) is 7.03. The lowest BCUT2D eigenvalue weighted by atomic mass is 9.69. The van der Waals surface area contributed by atoms with Gasteiger partial charge in [0.05, 0.1) is 12.0 Å². The van der Waals surface area contributed by atoms with Crippen molar-refractivity contribution in [3.63, 3.8) is 0 Å². The Labute approximate surface area is 121 Å². The lowest BCUT2D eigenvalue weighted by Gasteiger charge is -2.36. The van der Waals surface area contributed by atoms with Crippen LogP contribution < -0.4 is 0 Å². The van der Waals surface area contributed by atoms with Gasteiger partial charge in [0.1, 0.15) is 6.61 Å². The van der Waals surface area contributed by atoms with E-state index in [4.69, 9.17) is 14.5 Å². The second-order valence-electron chi connectivity index (χ2n) is 6.77. The largest absolute Gasteiger partial charge is 0.469 e. The molecule has 20 heavy (non-hydrogen) atoms. The summed E-state index contributed by atoms with van der Waals surface area (Å²) in [5.74, 6) is -0.270. The molecule has 0 aromatic carbocycles. The third-order valence-electron chi connectivity index (χ3n) is 3.21. The quantitative estimate of drug-likeness (QED) is 0.427. The van der Waals surface area contributed by atoms with Gasteiger partial charge in [-0.2, -0.15) is 0 Å². The lowest BCUT2D eigenvalue weighted by Crippen LogP contribution is -2.38. The zero-order valence-electron chi connectivity index (χ0n) is 13.2. The summed E-state index contributed by atoms with van der Waals surface area (Å²) in [6.45, 7) is 11.4. The normalized spacial score (nSPS) is 16.1. The molecule has 0 saturated heterocycles. The molecule has 0 radical (unpaired) electrons. The first-order valence-electron chi connectivity index (χ1n) is 6.65. The minimum absolute atomic E-state index is 0.0273. The van der Waals surface area contributed by atoms with Crippen molar-refractivity contribution in [1.82, 2.24) is 0 Å². The molecule has 0 amide bonds. The minimum atomic E-state index is -4.51. The van der Waals surface area contributed by atoms with E-state index in [-0.39, 0.29) is 30.5 Å². The van der Waals surface area contributed by atoms with Crippen molar-refractivity contribution in [2.75, 3.05) is 13.2 Å². The van der Waals surface area contributed by atoms with Gasteiger partial charge in [-0.15, -0.1) is 0 Å². The van der Waals surface area contributed by atoms with Gasteiger partial charge >= 0.3 is 13.8 Å². The summed E-state index contributed by atoms with van der Waals surface area (Å²) in [6.07, 6.45) is 0.663. The van der Waals surface area contributed by atoms with Crippen LogP contribution in [0.4, 0.5) is 0 Å². The number of carbonyl (C=O) groups excluding carboxylic acids is 1. The molecule has 1 atom stereocenters. The van der Waals surface area contributed by atoms with E-state index in [0.29, 0.717) is 6.42 Å². The molecule has 0 aliphatic carbocycles. The van der Waals surface area contributed by atoms with Crippen LogP contribution in [0.3, 0.4) is 0 Å². The molecule has 0 heterocycles. The van der Waals surface area contributed by atoms with Crippen LogP contribution in [0.25, 0.3) is 0 Å². The minimum Gasteiger partial charge on any atom is -0.463 e. The van der Waals surface area contributed by atoms with Crippen LogP contribution >= 0.6 is 7.82 Å². The van der Waals surface area contributed by atoms with Crippen molar-refractivity contribution in [2.24, 2.45) is 16.7 Å². The van der Waals surface area contributed by atoms with Gasteiger partial charge < -0.3 is 14.5 Å². The molecular formula is C13H27O6P. The Morgan fingerprint density at radius 1 is 1.15 bits per heavy atom. The topological polar surface area (TPSA) is 93.1 Å². The molecule has 120 valence electrons. The molecule has 0 aromatic heterocycles. The molecule has 0 fully saturated rings. The van der Waals surface area contributed by atoms with Gasteiger partial charge in [0.15, 0.2) is 0 Å². The third-order valence-corrected chi connectivity index (χ3v) is 3.73. The van der Waals surface area contributed by atoms with Crippen LogP contribution in [0, 0.1) is 16.7 Å². The smallest absolute Gasteiger partial charge is 0.463 e. The van der Waals surface area contributed by atoms with Crippen LogP contribution in [-0.2, 0) is 18.6 Å². The van der Waals surface area contributed by atoms with Gasteiger partial charge in [0.2, 0.25) is 0 Å². The first kappa shape index (κ1) is 19.6. The Kier molecular flexibility index (Phi) is 6.88. The maximum Gasteiger partial charge on any atom is 0.469 e. The van der Waals surface area contributed by atoms with Crippen molar-refractivity contribution < 1.29 is 28.4 Å². The third kappa shape index (κ3) is 7.39. The van der Waals surface area contributed by atoms with Crippen LogP contribution in [0.5, 0.6) is 0 Å². The number of phosphoric ester groups is 1. The Bertz CT molecular complexity index is 368. The summed E-state index contributed by atoms with van der Waals surface area (Å²) in [5.41, 5.74) is -0.666. The highest BCUT2D eigenvalue weighted by Crippen LogP contribution is 2.40. The second-order valence-corrected chi connectivity index (χ2v) is 8.01. The summed E-state index contributed by atoms with van der Waals surface area (Å²) < 4.78 is 19.8. The highest BCUT2D eigenvalue weighted by Gasteiger charge is 2.41. The van der Waals surface area contributed by atoms with Gasteiger partial charge in [-0.25, -0.2) is 4.57 Å². The zero-order valence-corrected chi connectivity index (χ0v) is 14.1. The number of hydrogen-bond donors (Lipinski definition) is 2. The number of ether oxygens (including phenoxy) is 1. The molecule has 0 aromatic rings. The first-order chi connectivity index (χ1) is 8.78. The van der Waals surface area contributed by atoms with Gasteiger partial charge in [0, 0.05) is 0 Å². The van der Waals surface area contributed by atoms with E-state index in [9.17, 15) is 9.36 Å².